The highest BCUT2D eigenvalue weighted by atomic mass is 35.5. The maximum absolute atomic E-state index is 13.7. The van der Waals surface area contributed by atoms with Crippen molar-refractivity contribution in [1.29, 1.82) is 0 Å². The van der Waals surface area contributed by atoms with Gasteiger partial charge >= 0.3 is 18.7 Å². The lowest BCUT2D eigenvalue weighted by Gasteiger charge is -2.43. The van der Waals surface area contributed by atoms with Crippen molar-refractivity contribution in [3.8, 4) is 17.2 Å². The van der Waals surface area contributed by atoms with Gasteiger partial charge in [-0.3, -0.25) is 9.69 Å². The third-order valence-corrected chi connectivity index (χ3v) is 15.7. The average molecular weight is 1020 g/mol. The van der Waals surface area contributed by atoms with Crippen molar-refractivity contribution < 1.29 is 55.2 Å². The summed E-state index contributed by atoms with van der Waals surface area (Å²) in [7, 11) is -3.91. The van der Waals surface area contributed by atoms with Gasteiger partial charge in [0.25, 0.3) is 0 Å². The summed E-state index contributed by atoms with van der Waals surface area (Å²) in [6.45, 7) is 0.310. The predicted octanol–water partition coefficient (Wildman–Crippen LogP) is 9.04. The molecule has 19 heteroatoms. The van der Waals surface area contributed by atoms with E-state index in [1.165, 1.54) is 34.6 Å². The van der Waals surface area contributed by atoms with E-state index in [0.29, 0.717) is 40.0 Å². The highest BCUT2D eigenvalue weighted by Gasteiger charge is 2.39. The fourth-order valence-corrected chi connectivity index (χ4v) is 11.3. The molecule has 3 atom stereocenters. The van der Waals surface area contributed by atoms with Crippen LogP contribution in [-0.4, -0.2) is 81.7 Å². The number of benzene rings is 4. The summed E-state index contributed by atoms with van der Waals surface area (Å²) in [6, 6.07) is 27.2. The first kappa shape index (κ1) is 49.3. The first-order valence-corrected chi connectivity index (χ1v) is 25.5. The van der Waals surface area contributed by atoms with Crippen LogP contribution in [0.1, 0.15) is 72.1 Å². The van der Waals surface area contributed by atoms with E-state index in [9.17, 15) is 32.0 Å². The second kappa shape index (κ2) is 21.7. The third-order valence-electron chi connectivity index (χ3n) is 13.2. The first-order valence-electron chi connectivity index (χ1n) is 23.3. The van der Waals surface area contributed by atoms with E-state index in [2.05, 4.69) is 10.2 Å². The summed E-state index contributed by atoms with van der Waals surface area (Å²) in [4.78, 5) is 29.3. The Morgan fingerprint density at radius 2 is 1.51 bits per heavy atom. The highest BCUT2D eigenvalue weighted by Crippen LogP contribution is 2.39. The van der Waals surface area contributed by atoms with Crippen LogP contribution in [-0.2, 0) is 37.3 Å². The highest BCUT2D eigenvalue weighted by molar-refractivity contribution is 7.89. The number of carbonyl (C=O) groups excluding carboxylic acids is 2. The summed E-state index contributed by atoms with van der Waals surface area (Å²) in [5.74, 6) is 0.0776. The van der Waals surface area contributed by atoms with Crippen LogP contribution in [0, 0.1) is 23.0 Å². The van der Waals surface area contributed by atoms with Crippen LogP contribution < -0.4 is 24.3 Å². The molecule has 5 fully saturated rings. The Labute approximate surface area is 415 Å². The average Bonchev–Trinajstić information content (AvgIpc) is 4.17. The van der Waals surface area contributed by atoms with Crippen LogP contribution in [0.15, 0.2) is 114 Å². The van der Waals surface area contributed by atoms with Crippen LogP contribution in [0.25, 0.3) is 0 Å². The molecule has 14 nitrogen and oxygen atoms in total. The Morgan fingerprint density at radius 3 is 2.19 bits per heavy atom. The number of rotatable bonds is 20. The van der Waals surface area contributed by atoms with Gasteiger partial charge in [-0.1, -0.05) is 83.9 Å². The number of alkyl halides is 2. The van der Waals surface area contributed by atoms with E-state index in [1.807, 2.05) is 54.6 Å². The maximum atomic E-state index is 13.7. The van der Waals surface area contributed by atoms with Gasteiger partial charge in [-0.15, -0.1) is 0 Å². The summed E-state index contributed by atoms with van der Waals surface area (Å²) in [5.41, 5.74) is 3.10. The smallest absolute Gasteiger partial charge is 0.408 e. The van der Waals surface area contributed by atoms with E-state index >= 15 is 0 Å². The zero-order valence-electron chi connectivity index (χ0n) is 38.0. The Morgan fingerprint density at radius 1 is 0.800 bits per heavy atom. The van der Waals surface area contributed by atoms with Gasteiger partial charge < -0.3 is 34.2 Å². The molecular formula is C51H52Cl2F2N4O10S. The van der Waals surface area contributed by atoms with Gasteiger partial charge in [0, 0.05) is 31.6 Å². The number of sulfonamides is 1. The number of hydrogen-bond donors (Lipinski definition) is 1. The van der Waals surface area contributed by atoms with Crippen molar-refractivity contribution in [2.45, 2.75) is 74.9 Å². The van der Waals surface area contributed by atoms with Gasteiger partial charge in [-0.25, -0.2) is 13.2 Å². The van der Waals surface area contributed by atoms with Crippen molar-refractivity contribution in [3.63, 3.8) is 0 Å². The minimum atomic E-state index is -3.91. The molecule has 5 heterocycles. The number of hydrogen-bond acceptors (Lipinski definition) is 11. The van der Waals surface area contributed by atoms with Crippen LogP contribution in [0.5, 0.6) is 17.2 Å². The van der Waals surface area contributed by atoms with E-state index in [-0.39, 0.29) is 71.0 Å². The fraction of sp³-hybridized carbons (Fsp3) is 0.392. The molecule has 5 aromatic rings. The molecule has 1 saturated carbocycles. The molecule has 1 amide bonds. The molecule has 1 aromatic heterocycles. The molecule has 4 aliphatic heterocycles. The molecule has 70 heavy (non-hydrogen) atoms. The summed E-state index contributed by atoms with van der Waals surface area (Å²) >= 11 is 12.8. The number of pyridine rings is 1. The monoisotopic (exact) mass is 1020 g/mol. The zero-order valence-corrected chi connectivity index (χ0v) is 40.3. The van der Waals surface area contributed by atoms with E-state index in [0.717, 1.165) is 74.4 Å². The number of piperidine rings is 3. The Kier molecular flexibility index (Phi) is 15.3. The van der Waals surface area contributed by atoms with Crippen LogP contribution in [0.3, 0.4) is 0 Å². The molecule has 0 unspecified atom stereocenters. The van der Waals surface area contributed by atoms with Crippen molar-refractivity contribution >= 4 is 45.3 Å². The Balaban J connectivity index is 0.803. The number of carbonyl (C=O) groups is 2. The third kappa shape index (κ3) is 12.2. The quantitative estimate of drug-likeness (QED) is 0.0450. The molecule has 5 aliphatic rings. The van der Waals surface area contributed by atoms with Crippen molar-refractivity contribution in [2.24, 2.45) is 17.8 Å². The van der Waals surface area contributed by atoms with E-state index in [4.69, 9.17) is 46.9 Å². The first-order chi connectivity index (χ1) is 33.7. The van der Waals surface area contributed by atoms with Crippen molar-refractivity contribution in [1.82, 2.24) is 14.5 Å². The molecule has 10 rings (SSSR count). The molecule has 4 saturated heterocycles. The minimum absolute atomic E-state index is 0.0260. The summed E-state index contributed by atoms with van der Waals surface area (Å²) in [5, 5.41) is 15.1. The number of ether oxygens (including phenoxy) is 5. The summed E-state index contributed by atoms with van der Waals surface area (Å²) < 4.78 is 84.3. The van der Waals surface area contributed by atoms with Crippen molar-refractivity contribution in [2.75, 3.05) is 39.3 Å². The SMILES string of the molecule is O=C(CC1CN(S(=O)(=O)c2ccc(COc3cccc([C@@H](NC(=O)O[C@H]4CN5CCC4CC5)c4ccccc4)c3)cc2)C1)O[C@@H](Cc1c(Cl)c[n+]([O-])cc1Cl)c1ccc(OC(F)F)c(OCC2CC2)c1. The molecule has 370 valence electrons. The molecule has 0 spiro atoms. The molecule has 2 bridgehead atoms. The number of aromatic nitrogens is 1. The lowest BCUT2D eigenvalue weighted by Crippen LogP contribution is -2.52. The molecule has 1 N–H and O–H groups in total. The zero-order chi connectivity index (χ0) is 48.9. The van der Waals surface area contributed by atoms with Gasteiger partial charge in [0.15, 0.2) is 23.9 Å². The summed E-state index contributed by atoms with van der Waals surface area (Å²) in [6.07, 6.45) is 4.31. The van der Waals surface area contributed by atoms with Gasteiger partial charge in [0.1, 0.15) is 34.6 Å². The molecule has 0 radical (unpaired) electrons. The second-order valence-electron chi connectivity index (χ2n) is 18.3. The number of amides is 1. The largest absolute Gasteiger partial charge is 0.619 e. The van der Waals surface area contributed by atoms with Crippen LogP contribution in [0.4, 0.5) is 13.6 Å². The second-order valence-corrected chi connectivity index (χ2v) is 21.0. The Hall–Kier alpha value is -5.72. The van der Waals surface area contributed by atoms with E-state index in [1.54, 1.807) is 12.1 Å². The topological polar surface area (TPSA) is 160 Å². The minimum Gasteiger partial charge on any atom is -0.619 e. The lowest BCUT2D eigenvalue weighted by molar-refractivity contribution is -0.605. The number of nitrogens with zero attached hydrogens (tertiary/aromatic N) is 3. The standard InChI is InChI=1S/C51H52Cl2F2N4O10S/c52-42-27-58(62)28-43(53)41(42)24-45(37-13-16-44(68-50(54)55)46(23-37)66-31-32-9-10-32)67-48(60)21-34-25-59(26-34)70(63,64)40-14-11-33(12-15-40)30-65-39-8-4-7-38(22-39)49(36-5-2-1-3-6-36)56-51(61)69-47-29-57-19-17-35(47)18-20-57/h1-8,11-16,22-23,27-28,32,34-35,45,47,49-50H,9-10,17-21,24-26,29-31H2,(H,56,61)/t45-,47-,49-/m0/s1. The van der Waals surface area contributed by atoms with Gasteiger partial charge in [-0.05, 0) is 115 Å². The number of alkyl carbamates (subject to hydrolysis) is 1. The van der Waals surface area contributed by atoms with Gasteiger partial charge in [0.05, 0.1) is 24.0 Å². The molecule has 4 aromatic carbocycles. The number of halogens is 4. The van der Waals surface area contributed by atoms with E-state index < -0.39 is 40.8 Å². The lowest BCUT2D eigenvalue weighted by atomic mass is 9.86. The normalized spacial score (nSPS) is 20.0. The number of esters is 1. The van der Waals surface area contributed by atoms with Crippen LogP contribution in [0.2, 0.25) is 10.0 Å². The predicted molar refractivity (Wildman–Crippen MR) is 254 cm³/mol. The number of nitrogens with one attached hydrogen (secondary N) is 1. The number of fused-ring (bicyclic) bond motifs is 3. The fourth-order valence-electron chi connectivity index (χ4n) is 9.15. The Bertz CT molecular complexity index is 2740. The van der Waals surface area contributed by atoms with Gasteiger partial charge in [-0.2, -0.15) is 17.8 Å². The van der Waals surface area contributed by atoms with Crippen molar-refractivity contribution in [3.05, 3.63) is 153 Å². The molecular weight excluding hydrogens is 970 g/mol. The van der Waals surface area contributed by atoms with Crippen LogP contribution >= 0.6 is 23.2 Å². The van der Waals surface area contributed by atoms with Gasteiger partial charge in [0.2, 0.25) is 10.0 Å². The molecule has 1 aliphatic carbocycles. The maximum Gasteiger partial charge on any atom is 0.408 e.